The lowest BCUT2D eigenvalue weighted by molar-refractivity contribution is -0.139. The number of nitrogens with zero attached hydrogens (tertiary/aromatic N) is 2. The first-order valence-electron chi connectivity index (χ1n) is 14.2. The van der Waals surface area contributed by atoms with Gasteiger partial charge in [0.1, 0.15) is 24.1 Å². The summed E-state index contributed by atoms with van der Waals surface area (Å²) in [6, 6.07) is 20.4. The van der Waals surface area contributed by atoms with Crippen LogP contribution >= 0.6 is 11.3 Å². The lowest BCUT2D eigenvalue weighted by Gasteiger charge is -2.26. The largest absolute Gasteiger partial charge is 0.496 e. The molecule has 44 heavy (non-hydrogen) atoms. The molecule has 1 aliphatic rings. The minimum atomic E-state index is -0.975. The molecule has 4 aromatic rings. The molecule has 2 heterocycles. The van der Waals surface area contributed by atoms with Crippen molar-refractivity contribution in [3.63, 3.8) is 0 Å². The van der Waals surface area contributed by atoms with Crippen molar-refractivity contribution in [1.29, 1.82) is 0 Å². The maximum absolute atomic E-state index is 14.0. The van der Waals surface area contributed by atoms with Gasteiger partial charge in [-0.1, -0.05) is 67.1 Å². The topological polar surface area (TPSA) is 116 Å². The van der Waals surface area contributed by atoms with Gasteiger partial charge in [0.15, 0.2) is 4.80 Å². The van der Waals surface area contributed by atoms with Crippen LogP contribution in [0, 0.1) is 0 Å². The highest BCUT2D eigenvalue weighted by Gasteiger charge is 2.35. The zero-order chi connectivity index (χ0) is 31.2. The van der Waals surface area contributed by atoms with E-state index in [2.05, 4.69) is 0 Å². The predicted molar refractivity (Wildman–Crippen MR) is 167 cm³/mol. The van der Waals surface area contributed by atoms with Gasteiger partial charge in [-0.25, -0.2) is 14.6 Å². The number of ether oxygens (including phenoxy) is 3. The van der Waals surface area contributed by atoms with Crippen LogP contribution in [0.15, 0.2) is 93.9 Å². The molecule has 1 N–H and O–H groups in total. The van der Waals surface area contributed by atoms with E-state index in [1.54, 1.807) is 48.9 Å². The van der Waals surface area contributed by atoms with Crippen LogP contribution in [0.25, 0.3) is 6.08 Å². The summed E-state index contributed by atoms with van der Waals surface area (Å²) >= 11 is 1.27. The average molecular weight is 613 g/mol. The Morgan fingerprint density at radius 1 is 1.02 bits per heavy atom. The third-order valence-electron chi connectivity index (χ3n) is 7.11. The van der Waals surface area contributed by atoms with Gasteiger partial charge in [-0.15, -0.1) is 0 Å². The van der Waals surface area contributed by atoms with Crippen molar-refractivity contribution in [1.82, 2.24) is 4.57 Å². The number of hydrogen-bond acceptors (Lipinski definition) is 8. The third kappa shape index (κ3) is 6.35. The maximum atomic E-state index is 14.0. The second-order valence-corrected chi connectivity index (χ2v) is 11.0. The van der Waals surface area contributed by atoms with Gasteiger partial charge in [0, 0.05) is 5.56 Å². The average Bonchev–Trinajstić information content (AvgIpc) is 3.34. The molecule has 0 aliphatic carbocycles. The van der Waals surface area contributed by atoms with Gasteiger partial charge in [-0.3, -0.25) is 9.36 Å². The van der Waals surface area contributed by atoms with Gasteiger partial charge in [-0.2, -0.15) is 0 Å². The number of carboxylic acids is 1. The van der Waals surface area contributed by atoms with E-state index in [4.69, 9.17) is 24.3 Å². The van der Waals surface area contributed by atoms with Crippen molar-refractivity contribution in [3.05, 3.63) is 126 Å². The molecule has 9 nitrogen and oxygen atoms in total. The summed E-state index contributed by atoms with van der Waals surface area (Å²) in [7, 11) is 1.56. The lowest BCUT2D eigenvalue weighted by atomic mass is 9.93. The molecule has 0 spiro atoms. The summed E-state index contributed by atoms with van der Waals surface area (Å²) in [6.07, 6.45) is 3.11. The molecular weight excluding hydrogens is 580 g/mol. The molecule has 0 amide bonds. The van der Waals surface area contributed by atoms with E-state index < -0.39 is 18.0 Å². The number of esters is 1. The highest BCUT2D eigenvalue weighted by molar-refractivity contribution is 7.07. The number of fused-ring (bicyclic) bond motifs is 1. The van der Waals surface area contributed by atoms with Crippen LogP contribution in [-0.4, -0.2) is 35.3 Å². The Bertz CT molecular complexity index is 1890. The summed E-state index contributed by atoms with van der Waals surface area (Å²) in [4.78, 5) is 43.7. The van der Waals surface area contributed by atoms with Crippen LogP contribution in [0.4, 0.5) is 0 Å². The summed E-state index contributed by atoms with van der Waals surface area (Å²) in [5.41, 5.74) is 3.21. The molecule has 0 saturated carbocycles. The minimum Gasteiger partial charge on any atom is -0.496 e. The lowest BCUT2D eigenvalue weighted by Crippen LogP contribution is -2.40. The van der Waals surface area contributed by atoms with E-state index in [1.165, 1.54) is 11.3 Å². The Hall–Kier alpha value is -4.96. The van der Waals surface area contributed by atoms with E-state index in [1.807, 2.05) is 55.5 Å². The number of allylic oxidation sites excluding steroid dienone is 1. The van der Waals surface area contributed by atoms with Gasteiger partial charge >= 0.3 is 11.9 Å². The minimum absolute atomic E-state index is 0.196. The molecule has 226 valence electrons. The molecular formula is C34H32N2O7S. The number of aromatic nitrogens is 1. The molecule has 5 rings (SSSR count). The summed E-state index contributed by atoms with van der Waals surface area (Å²) in [5.74, 6) is -0.291. The maximum Gasteiger partial charge on any atom is 0.338 e. The molecule has 0 fully saturated rings. The van der Waals surface area contributed by atoms with Crippen molar-refractivity contribution < 1.29 is 28.9 Å². The van der Waals surface area contributed by atoms with E-state index in [9.17, 15) is 14.4 Å². The van der Waals surface area contributed by atoms with E-state index in [0.29, 0.717) is 44.1 Å². The fraction of sp³-hybridized carbons (Fsp3) is 0.235. The van der Waals surface area contributed by atoms with Gasteiger partial charge in [0.05, 0.1) is 35.1 Å². The van der Waals surface area contributed by atoms with Crippen LogP contribution in [0.2, 0.25) is 0 Å². The summed E-state index contributed by atoms with van der Waals surface area (Å²) in [6.45, 7) is 4.24. The first kappa shape index (κ1) is 30.5. The Morgan fingerprint density at radius 3 is 2.41 bits per heavy atom. The summed E-state index contributed by atoms with van der Waals surface area (Å²) < 4.78 is 19.0. The molecule has 3 aromatic carbocycles. The van der Waals surface area contributed by atoms with Crippen molar-refractivity contribution in [2.24, 2.45) is 4.99 Å². The number of carbonyl (C=O) groups is 2. The van der Waals surface area contributed by atoms with E-state index in [-0.39, 0.29) is 24.3 Å². The van der Waals surface area contributed by atoms with E-state index >= 15 is 0 Å². The normalized spacial score (nSPS) is 14.5. The predicted octanol–water partition coefficient (Wildman–Crippen LogP) is 4.86. The zero-order valence-electron chi connectivity index (χ0n) is 24.6. The molecule has 0 radical (unpaired) electrons. The number of thiazole rings is 1. The number of para-hydroxylation sites is 1. The van der Waals surface area contributed by atoms with Crippen LogP contribution in [-0.2, 0) is 16.1 Å². The van der Waals surface area contributed by atoms with Gasteiger partial charge < -0.3 is 19.3 Å². The van der Waals surface area contributed by atoms with Crippen LogP contribution in [0.3, 0.4) is 0 Å². The fourth-order valence-corrected chi connectivity index (χ4v) is 6.05. The zero-order valence-corrected chi connectivity index (χ0v) is 25.4. The number of benzene rings is 3. The number of carboxylic acid groups (broad SMARTS) is 1. The summed E-state index contributed by atoms with van der Waals surface area (Å²) in [5, 5.41) is 9.07. The van der Waals surface area contributed by atoms with Crippen LogP contribution < -0.4 is 24.4 Å². The van der Waals surface area contributed by atoms with Crippen molar-refractivity contribution in [2.45, 2.75) is 39.3 Å². The number of hydrogen-bond donors (Lipinski definition) is 1. The quantitative estimate of drug-likeness (QED) is 0.241. The first-order chi connectivity index (χ1) is 21.3. The SMILES string of the molecule is CCCC1=C(C(=O)OCC)[C@H](c2ccccc2OC)n2c(s/c(=C/c3ccc(OCc4ccc(C(=O)O)cc4)cc3)c2=O)=N1. The smallest absolute Gasteiger partial charge is 0.338 e. The Labute approximate surface area is 258 Å². The molecule has 10 heteroatoms. The number of methoxy groups -OCH3 is 1. The number of carbonyl (C=O) groups excluding carboxylic acids is 1. The van der Waals surface area contributed by atoms with E-state index in [0.717, 1.165) is 17.5 Å². The number of aromatic carboxylic acids is 1. The molecule has 1 atom stereocenters. The third-order valence-corrected chi connectivity index (χ3v) is 8.09. The highest BCUT2D eigenvalue weighted by Crippen LogP contribution is 2.36. The first-order valence-corrected chi connectivity index (χ1v) is 15.1. The fourth-order valence-electron chi connectivity index (χ4n) is 5.03. The second kappa shape index (κ2) is 13.6. The molecule has 0 saturated heterocycles. The molecule has 0 unspecified atom stereocenters. The van der Waals surface area contributed by atoms with Gasteiger partial charge in [0.25, 0.3) is 5.56 Å². The monoisotopic (exact) mass is 612 g/mol. The molecule has 1 aliphatic heterocycles. The van der Waals surface area contributed by atoms with Gasteiger partial charge in [0.2, 0.25) is 0 Å². The molecule has 0 bridgehead atoms. The number of rotatable bonds is 11. The van der Waals surface area contributed by atoms with Crippen molar-refractivity contribution in [3.8, 4) is 11.5 Å². The molecule has 1 aromatic heterocycles. The van der Waals surface area contributed by atoms with Crippen LogP contribution in [0.1, 0.15) is 59.8 Å². The van der Waals surface area contributed by atoms with Crippen molar-refractivity contribution >= 4 is 29.4 Å². The Balaban J connectivity index is 1.51. The Kier molecular flexibility index (Phi) is 9.40. The van der Waals surface area contributed by atoms with Crippen molar-refractivity contribution in [2.75, 3.05) is 13.7 Å². The second-order valence-electron chi connectivity index (χ2n) is 10.0. The standard InChI is InChI=1S/C34H32N2O7S/c1-4-8-26-29(33(40)42-5-2)30(25-9-6-7-10-27(25)41-3)36-31(37)28(44-34(36)35-26)19-21-13-17-24(18-14-21)43-20-22-11-15-23(16-12-22)32(38)39/h6-7,9-19,30H,4-5,8,20H2,1-3H3,(H,38,39)/b28-19+/t30-/m0/s1. The van der Waals surface area contributed by atoms with Crippen LogP contribution in [0.5, 0.6) is 11.5 Å². The highest BCUT2D eigenvalue weighted by atomic mass is 32.1. The Morgan fingerprint density at radius 2 is 1.75 bits per heavy atom. The van der Waals surface area contributed by atoms with Gasteiger partial charge in [-0.05, 0) is 60.9 Å².